The molecule has 0 saturated carbocycles. The molecule has 1 N–H and O–H groups in total. The van der Waals surface area contributed by atoms with Crippen LogP contribution in [0.4, 0.5) is 5.69 Å². The fourth-order valence-electron chi connectivity index (χ4n) is 3.55. The molecule has 0 spiro atoms. The molecule has 0 aliphatic carbocycles. The topological polar surface area (TPSA) is 70.0 Å². The van der Waals surface area contributed by atoms with Crippen molar-refractivity contribution in [2.75, 3.05) is 5.32 Å². The molecule has 0 aromatic heterocycles. The predicted molar refractivity (Wildman–Crippen MR) is 138 cm³/mol. The first-order chi connectivity index (χ1) is 15.9. The lowest BCUT2D eigenvalue weighted by Gasteiger charge is -2.19. The predicted octanol–water partition coefficient (Wildman–Crippen LogP) is 6.63. The molecule has 170 valence electrons. The molecule has 0 bridgehead atoms. The van der Waals surface area contributed by atoms with Crippen LogP contribution in [0.3, 0.4) is 0 Å². The molecule has 0 heterocycles. The Morgan fingerprint density at radius 1 is 0.879 bits per heavy atom. The number of para-hydroxylation sites is 1. The number of thioether (sulfide) groups is 1. The van der Waals surface area contributed by atoms with E-state index in [4.69, 9.17) is 0 Å². The van der Waals surface area contributed by atoms with Gasteiger partial charge in [0.05, 0.1) is 4.90 Å². The second-order valence-electron chi connectivity index (χ2n) is 7.59. The number of rotatable bonds is 9. The summed E-state index contributed by atoms with van der Waals surface area (Å²) < 4.78 is 26.9. The Morgan fingerprint density at radius 2 is 1.45 bits per heavy atom. The summed E-state index contributed by atoms with van der Waals surface area (Å²) in [5.74, 6) is 0.542. The second kappa shape index (κ2) is 11.2. The summed E-state index contributed by atoms with van der Waals surface area (Å²) in [5.41, 5.74) is 5.26. The number of nitriles is 1. The number of allylic oxidation sites excluding steroid dienone is 1. The van der Waals surface area contributed by atoms with Gasteiger partial charge in [-0.1, -0.05) is 74.5 Å². The molecule has 4 nitrogen and oxygen atoms in total. The van der Waals surface area contributed by atoms with Crippen LogP contribution in [0.1, 0.15) is 36.1 Å². The molecule has 6 heteroatoms. The van der Waals surface area contributed by atoms with E-state index in [0.29, 0.717) is 10.8 Å². The lowest BCUT2D eigenvalue weighted by molar-refractivity contribution is 0.603. The molecule has 0 radical (unpaired) electrons. The zero-order valence-electron chi connectivity index (χ0n) is 19.1. The maximum absolute atomic E-state index is 13.4. The van der Waals surface area contributed by atoms with E-state index >= 15 is 0 Å². The van der Waals surface area contributed by atoms with Gasteiger partial charge in [0, 0.05) is 11.4 Å². The number of anilines is 1. The van der Waals surface area contributed by atoms with Gasteiger partial charge in [-0.2, -0.15) is 5.26 Å². The van der Waals surface area contributed by atoms with Gasteiger partial charge in [-0.25, -0.2) is 8.42 Å². The molecule has 0 aliphatic heterocycles. The van der Waals surface area contributed by atoms with Crippen molar-refractivity contribution in [3.05, 3.63) is 105 Å². The van der Waals surface area contributed by atoms with Crippen LogP contribution in [0, 0.1) is 18.3 Å². The third-order valence-electron chi connectivity index (χ3n) is 5.50. The fourth-order valence-corrected chi connectivity index (χ4v) is 6.19. The summed E-state index contributed by atoms with van der Waals surface area (Å²) in [6, 6.07) is 24.2. The monoisotopic (exact) mass is 476 g/mol. The summed E-state index contributed by atoms with van der Waals surface area (Å²) in [5, 5.41) is 13.8. The molecular formula is C27H28N2O2S2. The standard InChI is InChI=1S/C27H28N2O2S2/c1-4-21-14-11-15-22(5-2)26(21)29-27(32-19-23-13-10-9-12-20(23)3)25(18-28)33(30,31)24-16-7-6-8-17-24/h6-17,29H,4-5,19H2,1-3H3/b27-25+. The Kier molecular flexibility index (Phi) is 8.37. The lowest BCUT2D eigenvalue weighted by atomic mass is 10.0. The SMILES string of the molecule is CCc1cccc(CC)c1N/C(SCc1ccccc1C)=C(/C#N)S(=O)(=O)c1ccccc1. The first-order valence-corrected chi connectivity index (χ1v) is 13.4. The molecular weight excluding hydrogens is 448 g/mol. The third kappa shape index (κ3) is 5.68. The Bertz CT molecular complexity index is 1270. The smallest absolute Gasteiger partial charge is 0.219 e. The van der Waals surface area contributed by atoms with E-state index in [1.165, 1.54) is 23.9 Å². The number of hydrogen-bond acceptors (Lipinski definition) is 5. The van der Waals surface area contributed by atoms with E-state index in [9.17, 15) is 13.7 Å². The quantitative estimate of drug-likeness (QED) is 0.351. The Morgan fingerprint density at radius 3 is 2.03 bits per heavy atom. The van der Waals surface area contributed by atoms with Crippen LogP contribution in [0.15, 0.2) is 87.6 Å². The van der Waals surface area contributed by atoms with Crippen LogP contribution >= 0.6 is 11.8 Å². The lowest BCUT2D eigenvalue weighted by Crippen LogP contribution is -2.12. The Labute approximate surface area is 201 Å². The highest BCUT2D eigenvalue weighted by atomic mass is 32.2. The maximum atomic E-state index is 13.4. The van der Waals surface area contributed by atoms with Crippen LogP contribution in [-0.2, 0) is 28.4 Å². The maximum Gasteiger partial charge on any atom is 0.219 e. The van der Waals surface area contributed by atoms with Crippen molar-refractivity contribution in [2.24, 2.45) is 0 Å². The molecule has 0 unspecified atom stereocenters. The van der Waals surface area contributed by atoms with Crippen molar-refractivity contribution in [1.82, 2.24) is 0 Å². The Hall–Kier alpha value is -3.01. The van der Waals surface area contributed by atoms with Gasteiger partial charge < -0.3 is 5.32 Å². The van der Waals surface area contributed by atoms with Crippen molar-refractivity contribution in [2.45, 2.75) is 44.3 Å². The van der Waals surface area contributed by atoms with E-state index < -0.39 is 9.84 Å². The highest BCUT2D eigenvalue weighted by molar-refractivity contribution is 8.04. The van der Waals surface area contributed by atoms with Crippen molar-refractivity contribution in [1.29, 1.82) is 5.26 Å². The number of aryl methyl sites for hydroxylation is 3. The summed E-state index contributed by atoms with van der Waals surface area (Å²) in [6.07, 6.45) is 1.58. The third-order valence-corrected chi connectivity index (χ3v) is 8.41. The number of benzene rings is 3. The van der Waals surface area contributed by atoms with Gasteiger partial charge in [-0.3, -0.25) is 0 Å². The average molecular weight is 477 g/mol. The van der Waals surface area contributed by atoms with Gasteiger partial charge in [-0.05, 0) is 54.2 Å². The van der Waals surface area contributed by atoms with Crippen LogP contribution in [-0.4, -0.2) is 8.42 Å². The molecule has 3 aromatic rings. The fraction of sp³-hybridized carbons (Fsp3) is 0.222. The second-order valence-corrected chi connectivity index (χ2v) is 10.5. The Balaban J connectivity index is 2.14. The zero-order valence-corrected chi connectivity index (χ0v) is 20.8. The van der Waals surface area contributed by atoms with E-state index in [0.717, 1.165) is 40.8 Å². The minimum absolute atomic E-state index is 0.108. The molecule has 0 saturated heterocycles. The van der Waals surface area contributed by atoms with Crippen LogP contribution in [0.5, 0.6) is 0 Å². The van der Waals surface area contributed by atoms with E-state index in [-0.39, 0.29) is 9.80 Å². The molecule has 3 rings (SSSR count). The van der Waals surface area contributed by atoms with E-state index in [2.05, 4.69) is 19.2 Å². The first kappa shape index (κ1) is 24.6. The largest absolute Gasteiger partial charge is 0.348 e. The number of sulfone groups is 1. The zero-order chi connectivity index (χ0) is 23.8. The van der Waals surface area contributed by atoms with E-state index in [1.54, 1.807) is 18.2 Å². The van der Waals surface area contributed by atoms with Gasteiger partial charge in [0.15, 0.2) is 4.91 Å². The highest BCUT2D eigenvalue weighted by Gasteiger charge is 2.26. The van der Waals surface area contributed by atoms with Crippen molar-refractivity contribution >= 4 is 27.3 Å². The summed E-state index contributed by atoms with van der Waals surface area (Å²) in [4.78, 5) is -0.155. The molecule has 0 fully saturated rings. The molecule has 3 aromatic carbocycles. The van der Waals surface area contributed by atoms with Crippen molar-refractivity contribution < 1.29 is 8.42 Å². The normalized spacial score (nSPS) is 12.1. The minimum atomic E-state index is -3.99. The van der Waals surface area contributed by atoms with Gasteiger partial charge >= 0.3 is 0 Å². The molecule has 0 atom stereocenters. The van der Waals surface area contributed by atoms with Crippen molar-refractivity contribution in [3.63, 3.8) is 0 Å². The van der Waals surface area contributed by atoms with Crippen LogP contribution in [0.25, 0.3) is 0 Å². The van der Waals surface area contributed by atoms with Gasteiger partial charge in [0.1, 0.15) is 11.1 Å². The van der Waals surface area contributed by atoms with Crippen molar-refractivity contribution in [3.8, 4) is 6.07 Å². The molecule has 33 heavy (non-hydrogen) atoms. The van der Waals surface area contributed by atoms with E-state index in [1.807, 2.05) is 55.5 Å². The minimum Gasteiger partial charge on any atom is -0.348 e. The molecule has 0 aliphatic rings. The first-order valence-electron chi connectivity index (χ1n) is 10.9. The summed E-state index contributed by atoms with van der Waals surface area (Å²) in [7, 11) is -3.99. The van der Waals surface area contributed by atoms with Gasteiger partial charge in [0.2, 0.25) is 9.84 Å². The average Bonchev–Trinajstić information content (AvgIpc) is 2.84. The summed E-state index contributed by atoms with van der Waals surface area (Å²) >= 11 is 1.34. The number of nitrogens with zero attached hydrogens (tertiary/aromatic N) is 1. The highest BCUT2D eigenvalue weighted by Crippen LogP contribution is 2.34. The van der Waals surface area contributed by atoms with Crippen LogP contribution in [0.2, 0.25) is 0 Å². The van der Waals surface area contributed by atoms with Gasteiger partial charge in [-0.15, -0.1) is 11.8 Å². The van der Waals surface area contributed by atoms with Gasteiger partial charge in [0.25, 0.3) is 0 Å². The van der Waals surface area contributed by atoms with Crippen LogP contribution < -0.4 is 5.32 Å². The number of hydrogen-bond donors (Lipinski definition) is 1. The molecule has 0 amide bonds. The number of nitrogens with one attached hydrogen (secondary N) is 1. The summed E-state index contributed by atoms with van der Waals surface area (Å²) in [6.45, 7) is 6.16.